The number of carboxylic acid groups (broad SMARTS) is 1. The number of nitrogens with one attached hydrogen (secondary N) is 1. The van der Waals surface area contributed by atoms with Gasteiger partial charge in [0.2, 0.25) is 0 Å². The Bertz CT molecular complexity index is 481. The van der Waals surface area contributed by atoms with E-state index >= 15 is 0 Å². The zero-order chi connectivity index (χ0) is 14.5. The van der Waals surface area contributed by atoms with Gasteiger partial charge in [0, 0.05) is 17.8 Å². The average Bonchev–Trinajstić information content (AvgIpc) is 2.84. The lowest BCUT2D eigenvalue weighted by atomic mass is 10.1. The molecule has 110 valence electrons. The number of hydrogen-bond donors (Lipinski definition) is 2. The quantitative estimate of drug-likeness (QED) is 0.846. The van der Waals surface area contributed by atoms with Gasteiger partial charge in [-0.2, -0.15) is 11.8 Å². The number of halogens is 1. The van der Waals surface area contributed by atoms with E-state index in [0.29, 0.717) is 12.6 Å². The lowest BCUT2D eigenvalue weighted by Gasteiger charge is -2.13. The number of hydrogen-bond acceptors (Lipinski definition) is 3. The second-order valence-electron chi connectivity index (χ2n) is 5.09. The number of benzene rings is 1. The molecular weight excluding hydrogens is 277 g/mol. The summed E-state index contributed by atoms with van der Waals surface area (Å²) < 4.78 is 13.6. The molecule has 2 N–H and O–H groups in total. The van der Waals surface area contributed by atoms with E-state index in [1.54, 1.807) is 6.07 Å². The van der Waals surface area contributed by atoms with Crippen molar-refractivity contribution < 1.29 is 14.3 Å². The predicted octanol–water partition coefficient (Wildman–Crippen LogP) is 3.29. The zero-order valence-corrected chi connectivity index (χ0v) is 12.4. The molecule has 1 saturated carbocycles. The predicted molar refractivity (Wildman–Crippen MR) is 79.8 cm³/mol. The van der Waals surface area contributed by atoms with Gasteiger partial charge in [-0.15, -0.1) is 0 Å². The molecule has 3 nitrogen and oxygen atoms in total. The minimum atomic E-state index is -1.22. The van der Waals surface area contributed by atoms with Crippen molar-refractivity contribution in [3.63, 3.8) is 0 Å². The molecule has 0 aromatic heterocycles. The molecule has 20 heavy (non-hydrogen) atoms. The Hall–Kier alpha value is -1.07. The Morgan fingerprint density at radius 3 is 2.95 bits per heavy atom. The van der Waals surface area contributed by atoms with Crippen LogP contribution in [0.5, 0.6) is 0 Å². The molecule has 1 fully saturated rings. The summed E-state index contributed by atoms with van der Waals surface area (Å²) in [5, 5.41) is 13.0. The number of carbonyl (C=O) groups is 1. The Morgan fingerprint density at radius 1 is 1.50 bits per heavy atom. The average molecular weight is 297 g/mol. The molecule has 0 aliphatic heterocycles. The minimum absolute atomic E-state index is 0.269. The molecule has 2 atom stereocenters. The van der Waals surface area contributed by atoms with Crippen molar-refractivity contribution in [1.82, 2.24) is 5.32 Å². The molecule has 0 spiro atoms. The Labute approximate surface area is 123 Å². The minimum Gasteiger partial charge on any atom is -0.478 e. The third kappa shape index (κ3) is 3.96. The summed E-state index contributed by atoms with van der Waals surface area (Å²) in [4.78, 5) is 10.7. The molecule has 1 aromatic carbocycles. The van der Waals surface area contributed by atoms with Gasteiger partial charge in [0.05, 0.1) is 5.56 Å². The fraction of sp³-hybridized carbons (Fsp3) is 0.533. The van der Waals surface area contributed by atoms with Gasteiger partial charge in [0.1, 0.15) is 5.82 Å². The van der Waals surface area contributed by atoms with Crippen LogP contribution in [-0.2, 0) is 6.54 Å². The van der Waals surface area contributed by atoms with Crippen LogP contribution < -0.4 is 5.32 Å². The maximum absolute atomic E-state index is 13.6. The molecule has 0 amide bonds. The van der Waals surface area contributed by atoms with Gasteiger partial charge in [0.25, 0.3) is 0 Å². The number of aromatic carboxylic acids is 1. The van der Waals surface area contributed by atoms with E-state index in [-0.39, 0.29) is 5.56 Å². The topological polar surface area (TPSA) is 49.3 Å². The summed E-state index contributed by atoms with van der Waals surface area (Å²) in [5.74, 6) is -0.737. The molecule has 2 unspecified atom stereocenters. The van der Waals surface area contributed by atoms with E-state index in [1.165, 1.54) is 18.6 Å². The van der Waals surface area contributed by atoms with E-state index in [4.69, 9.17) is 5.11 Å². The van der Waals surface area contributed by atoms with Crippen molar-refractivity contribution in [1.29, 1.82) is 0 Å². The smallest absolute Gasteiger partial charge is 0.338 e. The Morgan fingerprint density at radius 2 is 2.30 bits per heavy atom. The summed E-state index contributed by atoms with van der Waals surface area (Å²) in [6, 6.07) is 4.80. The van der Waals surface area contributed by atoms with Crippen molar-refractivity contribution in [2.24, 2.45) is 0 Å². The largest absolute Gasteiger partial charge is 0.478 e. The van der Waals surface area contributed by atoms with E-state index in [0.717, 1.165) is 29.4 Å². The third-order valence-electron chi connectivity index (χ3n) is 3.65. The zero-order valence-electron chi connectivity index (χ0n) is 11.6. The van der Waals surface area contributed by atoms with Crippen LogP contribution in [0.25, 0.3) is 0 Å². The van der Waals surface area contributed by atoms with Crippen molar-refractivity contribution in [2.75, 3.05) is 5.75 Å². The first-order valence-electron chi connectivity index (χ1n) is 6.97. The maximum atomic E-state index is 13.6. The highest BCUT2D eigenvalue weighted by molar-refractivity contribution is 7.99. The molecule has 0 radical (unpaired) electrons. The summed E-state index contributed by atoms with van der Waals surface area (Å²) in [7, 11) is 0. The number of rotatable bonds is 6. The van der Waals surface area contributed by atoms with Gasteiger partial charge in [-0.1, -0.05) is 13.0 Å². The highest BCUT2D eigenvalue weighted by Crippen LogP contribution is 2.29. The number of thioether (sulfide) groups is 1. The maximum Gasteiger partial charge on any atom is 0.338 e. The van der Waals surface area contributed by atoms with E-state index in [2.05, 4.69) is 12.2 Å². The molecule has 5 heteroatoms. The lowest BCUT2D eigenvalue weighted by Crippen LogP contribution is -2.26. The molecule has 0 saturated heterocycles. The van der Waals surface area contributed by atoms with E-state index in [1.807, 2.05) is 11.8 Å². The van der Waals surface area contributed by atoms with Gasteiger partial charge >= 0.3 is 5.97 Å². The monoisotopic (exact) mass is 297 g/mol. The van der Waals surface area contributed by atoms with Crippen LogP contribution in [0.3, 0.4) is 0 Å². The summed E-state index contributed by atoms with van der Waals surface area (Å²) in [5.41, 5.74) is 0.521. The number of carboxylic acids is 1. The van der Waals surface area contributed by atoms with Crippen LogP contribution in [0, 0.1) is 5.82 Å². The molecule has 0 bridgehead atoms. The van der Waals surface area contributed by atoms with Crippen molar-refractivity contribution in [2.45, 2.75) is 44.0 Å². The molecule has 1 aromatic rings. The van der Waals surface area contributed by atoms with Crippen LogP contribution >= 0.6 is 11.8 Å². The van der Waals surface area contributed by atoms with Crippen LogP contribution in [0.2, 0.25) is 0 Å². The lowest BCUT2D eigenvalue weighted by molar-refractivity contribution is 0.0692. The van der Waals surface area contributed by atoms with Gasteiger partial charge in [0.15, 0.2) is 0 Å². The third-order valence-corrected chi connectivity index (χ3v) is 4.88. The van der Waals surface area contributed by atoms with Crippen LogP contribution in [0.4, 0.5) is 4.39 Å². The van der Waals surface area contributed by atoms with Gasteiger partial charge in [-0.05, 0) is 42.7 Å². The normalized spacial score (nSPS) is 22.1. The first-order chi connectivity index (χ1) is 9.60. The Balaban J connectivity index is 1.86. The molecular formula is C15H20FNO2S. The molecule has 0 heterocycles. The fourth-order valence-corrected chi connectivity index (χ4v) is 3.76. The highest BCUT2D eigenvalue weighted by Gasteiger charge is 2.23. The Kier molecular flexibility index (Phi) is 5.43. The second-order valence-corrected chi connectivity index (χ2v) is 6.66. The molecule has 2 rings (SSSR count). The summed E-state index contributed by atoms with van der Waals surface area (Å²) in [6.45, 7) is 2.77. The first-order valence-corrected chi connectivity index (χ1v) is 8.01. The highest BCUT2D eigenvalue weighted by atomic mass is 32.2. The molecule has 1 aliphatic carbocycles. The van der Waals surface area contributed by atoms with Crippen LogP contribution in [0.15, 0.2) is 18.2 Å². The first kappa shape index (κ1) is 15.3. The molecule has 1 aliphatic rings. The summed E-state index contributed by atoms with van der Waals surface area (Å²) >= 11 is 2.01. The van der Waals surface area contributed by atoms with E-state index < -0.39 is 11.8 Å². The van der Waals surface area contributed by atoms with Gasteiger partial charge < -0.3 is 10.4 Å². The fourth-order valence-electron chi connectivity index (χ4n) is 2.62. The van der Waals surface area contributed by atoms with Gasteiger partial charge in [-0.3, -0.25) is 0 Å². The van der Waals surface area contributed by atoms with Crippen molar-refractivity contribution in [3.05, 3.63) is 35.1 Å². The standard InChI is InChI=1S/C15H20FNO2S/c1-2-20-12-5-4-11(8-12)17-9-10-3-6-13(15(18)19)14(16)7-10/h3,6-7,11-12,17H,2,4-5,8-9H2,1H3,(H,18,19). The van der Waals surface area contributed by atoms with Crippen molar-refractivity contribution >= 4 is 17.7 Å². The van der Waals surface area contributed by atoms with Crippen LogP contribution in [0.1, 0.15) is 42.1 Å². The SMILES string of the molecule is CCSC1CCC(NCc2ccc(C(=O)O)c(F)c2)C1. The van der Waals surface area contributed by atoms with Gasteiger partial charge in [-0.25, -0.2) is 9.18 Å². The van der Waals surface area contributed by atoms with E-state index in [9.17, 15) is 9.18 Å². The summed E-state index contributed by atoms with van der Waals surface area (Å²) in [6.07, 6.45) is 3.56. The van der Waals surface area contributed by atoms with Crippen molar-refractivity contribution in [3.8, 4) is 0 Å². The van der Waals surface area contributed by atoms with Crippen LogP contribution in [-0.4, -0.2) is 28.1 Å². The second kappa shape index (κ2) is 7.09.